The third-order valence-corrected chi connectivity index (χ3v) is 9.48. The molecule has 4 rings (SSSR count). The van der Waals surface area contributed by atoms with Gasteiger partial charge < -0.3 is 10.2 Å². The van der Waals surface area contributed by atoms with Gasteiger partial charge >= 0.3 is 0 Å². The van der Waals surface area contributed by atoms with Crippen LogP contribution in [0.15, 0.2) is 114 Å². The lowest BCUT2D eigenvalue weighted by Gasteiger charge is -2.34. The van der Waals surface area contributed by atoms with E-state index in [1.54, 1.807) is 30.3 Å². The first-order valence-corrected chi connectivity index (χ1v) is 16.4. The van der Waals surface area contributed by atoms with E-state index < -0.39 is 28.5 Å². The minimum absolute atomic E-state index is 0.0802. The van der Waals surface area contributed by atoms with Crippen molar-refractivity contribution in [2.75, 3.05) is 10.8 Å². The van der Waals surface area contributed by atoms with Crippen LogP contribution in [-0.4, -0.2) is 43.8 Å². The van der Waals surface area contributed by atoms with Crippen molar-refractivity contribution in [1.29, 1.82) is 0 Å². The number of carbonyl (C=O) groups is 2. The maximum absolute atomic E-state index is 14.5. The number of rotatable bonds is 13. The first-order valence-electron chi connectivity index (χ1n) is 14.9. The highest BCUT2D eigenvalue weighted by molar-refractivity contribution is 7.92. The third kappa shape index (κ3) is 8.14. The molecule has 1 N–H and O–H groups in total. The molecule has 4 aromatic rings. The van der Waals surface area contributed by atoms with E-state index >= 15 is 0 Å². The van der Waals surface area contributed by atoms with Gasteiger partial charge in [0.15, 0.2) is 0 Å². The smallest absolute Gasteiger partial charge is 0.264 e. The van der Waals surface area contributed by atoms with Crippen molar-refractivity contribution < 1.29 is 18.0 Å². The number of hydrogen-bond donors (Lipinski definition) is 1. The van der Waals surface area contributed by atoms with Crippen molar-refractivity contribution in [2.24, 2.45) is 0 Å². The summed E-state index contributed by atoms with van der Waals surface area (Å²) < 4.78 is 29.4. The molecule has 0 saturated carbocycles. The second-order valence-electron chi connectivity index (χ2n) is 11.1. The van der Waals surface area contributed by atoms with Gasteiger partial charge in [-0.15, -0.1) is 0 Å². The summed E-state index contributed by atoms with van der Waals surface area (Å²) in [6.45, 7) is 7.36. The molecule has 230 valence electrons. The van der Waals surface area contributed by atoms with Crippen LogP contribution in [0.25, 0.3) is 0 Å². The van der Waals surface area contributed by atoms with E-state index in [-0.39, 0.29) is 29.8 Å². The molecule has 0 saturated heterocycles. The molecule has 0 bridgehead atoms. The minimum Gasteiger partial charge on any atom is -0.352 e. The fourth-order valence-electron chi connectivity index (χ4n) is 5.08. The maximum Gasteiger partial charge on any atom is 0.264 e. The molecule has 0 heterocycles. The molecule has 44 heavy (non-hydrogen) atoms. The Morgan fingerprint density at radius 3 is 2.05 bits per heavy atom. The van der Waals surface area contributed by atoms with Crippen LogP contribution in [0.5, 0.6) is 0 Å². The molecule has 2 atom stereocenters. The average Bonchev–Trinajstić information content (AvgIpc) is 3.02. The summed E-state index contributed by atoms with van der Waals surface area (Å²) in [5.74, 6) is -0.757. The maximum atomic E-state index is 14.5. The number of nitrogens with one attached hydrogen (secondary N) is 1. The van der Waals surface area contributed by atoms with Crippen LogP contribution in [0.3, 0.4) is 0 Å². The summed E-state index contributed by atoms with van der Waals surface area (Å²) in [6, 6.07) is 31.6. The predicted molar refractivity (Wildman–Crippen MR) is 176 cm³/mol. The number of hydrogen-bond acceptors (Lipinski definition) is 4. The molecule has 0 spiro atoms. The monoisotopic (exact) mass is 611 g/mol. The van der Waals surface area contributed by atoms with E-state index in [2.05, 4.69) is 5.32 Å². The summed E-state index contributed by atoms with van der Waals surface area (Å²) in [6.07, 6.45) is 1.00. The molecule has 4 aromatic carbocycles. The Morgan fingerprint density at radius 1 is 0.795 bits per heavy atom. The molecule has 0 aliphatic rings. The van der Waals surface area contributed by atoms with Gasteiger partial charge in [-0.1, -0.05) is 103 Å². The van der Waals surface area contributed by atoms with Gasteiger partial charge in [-0.05, 0) is 62.1 Å². The predicted octanol–water partition coefficient (Wildman–Crippen LogP) is 6.05. The van der Waals surface area contributed by atoms with Crippen molar-refractivity contribution in [3.05, 3.63) is 131 Å². The SMILES string of the molecule is CC[C@H](C)NC(=O)[C@H](Cc1ccccc1)N(Cc1cccc(C)c1)C(=O)CN(c1ccccc1C)S(=O)(=O)c1ccccc1. The van der Waals surface area contributed by atoms with E-state index in [0.29, 0.717) is 11.3 Å². The molecule has 0 unspecified atom stereocenters. The molecule has 7 nitrogen and oxygen atoms in total. The number of carbonyl (C=O) groups excluding carboxylic acids is 2. The Balaban J connectivity index is 1.81. The van der Waals surface area contributed by atoms with Crippen LogP contribution in [0, 0.1) is 13.8 Å². The van der Waals surface area contributed by atoms with Crippen molar-refractivity contribution >= 4 is 27.5 Å². The largest absolute Gasteiger partial charge is 0.352 e. The van der Waals surface area contributed by atoms with Gasteiger partial charge in [0.1, 0.15) is 12.6 Å². The molecule has 0 aliphatic carbocycles. The molecule has 0 aromatic heterocycles. The Kier molecular flexibility index (Phi) is 11.0. The number of nitrogens with zero attached hydrogens (tertiary/aromatic N) is 2. The molecule has 0 radical (unpaired) electrons. The lowest BCUT2D eigenvalue weighted by molar-refractivity contribution is -0.140. The summed E-state index contributed by atoms with van der Waals surface area (Å²) in [5, 5.41) is 3.07. The van der Waals surface area contributed by atoms with Crippen molar-refractivity contribution in [3.63, 3.8) is 0 Å². The Labute approximate surface area is 261 Å². The number of anilines is 1. The van der Waals surface area contributed by atoms with E-state index in [0.717, 1.165) is 27.4 Å². The van der Waals surface area contributed by atoms with E-state index in [1.165, 1.54) is 17.0 Å². The van der Waals surface area contributed by atoms with Gasteiger partial charge in [0.05, 0.1) is 10.6 Å². The standard InChI is InChI=1S/C36H41N3O4S/c1-5-29(4)37-36(41)34(24-30-17-8-6-9-18-30)38(25-31-19-14-15-27(2)23-31)35(40)26-39(33-22-13-12-16-28(33)3)44(42,43)32-20-10-7-11-21-32/h6-23,29,34H,5,24-26H2,1-4H3,(H,37,41)/t29-,34-/m0/s1. The quantitative estimate of drug-likeness (QED) is 0.199. The summed E-state index contributed by atoms with van der Waals surface area (Å²) >= 11 is 0. The van der Waals surface area contributed by atoms with E-state index in [4.69, 9.17) is 0 Å². The van der Waals surface area contributed by atoms with Gasteiger partial charge in [0.2, 0.25) is 11.8 Å². The van der Waals surface area contributed by atoms with Gasteiger partial charge in [0.25, 0.3) is 10.0 Å². The first-order chi connectivity index (χ1) is 21.1. The zero-order valence-electron chi connectivity index (χ0n) is 25.8. The van der Waals surface area contributed by atoms with Crippen LogP contribution >= 0.6 is 0 Å². The van der Waals surface area contributed by atoms with Crippen molar-refractivity contribution in [2.45, 2.75) is 64.1 Å². The summed E-state index contributed by atoms with van der Waals surface area (Å²) in [4.78, 5) is 30.1. The zero-order valence-corrected chi connectivity index (χ0v) is 26.6. The first kappa shape index (κ1) is 32.5. The Hall–Kier alpha value is -4.43. The minimum atomic E-state index is -4.13. The molecular weight excluding hydrogens is 570 g/mol. The normalized spacial score (nSPS) is 12.6. The van der Waals surface area contributed by atoms with Crippen LogP contribution in [0.1, 0.15) is 42.5 Å². The average molecular weight is 612 g/mol. The highest BCUT2D eigenvalue weighted by Gasteiger charge is 2.35. The molecule has 8 heteroatoms. The molecule has 0 aliphatic heterocycles. The van der Waals surface area contributed by atoms with Crippen LogP contribution in [0.2, 0.25) is 0 Å². The van der Waals surface area contributed by atoms with Crippen molar-refractivity contribution in [1.82, 2.24) is 10.2 Å². The van der Waals surface area contributed by atoms with Gasteiger partial charge in [0, 0.05) is 19.0 Å². The number of para-hydroxylation sites is 1. The molecule has 0 fully saturated rings. The fraction of sp³-hybridized carbons (Fsp3) is 0.278. The number of sulfonamides is 1. The second-order valence-corrected chi connectivity index (χ2v) is 13.0. The van der Waals surface area contributed by atoms with Gasteiger partial charge in [-0.3, -0.25) is 13.9 Å². The third-order valence-electron chi connectivity index (χ3n) is 7.70. The summed E-state index contributed by atoms with van der Waals surface area (Å²) in [7, 11) is -4.13. The highest BCUT2D eigenvalue weighted by Crippen LogP contribution is 2.27. The number of amides is 2. The highest BCUT2D eigenvalue weighted by atomic mass is 32.2. The van der Waals surface area contributed by atoms with Crippen LogP contribution < -0.4 is 9.62 Å². The Bertz CT molecular complexity index is 1660. The van der Waals surface area contributed by atoms with Gasteiger partial charge in [-0.2, -0.15) is 0 Å². The molecule has 2 amide bonds. The number of benzene rings is 4. The second kappa shape index (κ2) is 14.8. The fourth-order valence-corrected chi connectivity index (χ4v) is 6.58. The lowest BCUT2D eigenvalue weighted by atomic mass is 10.0. The topological polar surface area (TPSA) is 86.8 Å². The van der Waals surface area contributed by atoms with Crippen LogP contribution in [0.4, 0.5) is 5.69 Å². The van der Waals surface area contributed by atoms with Gasteiger partial charge in [-0.25, -0.2) is 8.42 Å². The van der Waals surface area contributed by atoms with Crippen molar-refractivity contribution in [3.8, 4) is 0 Å². The number of aryl methyl sites for hydroxylation is 2. The van der Waals surface area contributed by atoms with Crippen LogP contribution in [-0.2, 0) is 32.6 Å². The summed E-state index contributed by atoms with van der Waals surface area (Å²) in [5.41, 5.74) is 3.88. The Morgan fingerprint density at radius 2 is 1.41 bits per heavy atom. The van der Waals surface area contributed by atoms with E-state index in [9.17, 15) is 18.0 Å². The lowest BCUT2D eigenvalue weighted by Crippen LogP contribution is -2.54. The van der Waals surface area contributed by atoms with E-state index in [1.807, 2.05) is 94.4 Å². The molecular formula is C36H41N3O4S. The zero-order chi connectivity index (χ0) is 31.7.